The maximum Gasteiger partial charge on any atom is 0.133 e. The van der Waals surface area contributed by atoms with Gasteiger partial charge in [0, 0.05) is 6.42 Å². The summed E-state index contributed by atoms with van der Waals surface area (Å²) < 4.78 is 1.84. The van der Waals surface area contributed by atoms with E-state index in [2.05, 4.69) is 18.0 Å². The van der Waals surface area contributed by atoms with Gasteiger partial charge in [0.25, 0.3) is 0 Å². The quantitative estimate of drug-likeness (QED) is 0.789. The Kier molecular flexibility index (Phi) is 4.82. The second kappa shape index (κ2) is 5.91. The summed E-state index contributed by atoms with van der Waals surface area (Å²) in [4.78, 5) is 4.51. The number of hydrogen-bond donors (Lipinski definition) is 0. The molecule has 0 fully saturated rings. The highest BCUT2D eigenvalue weighted by atomic mass is 35.5. The molecule has 16 heavy (non-hydrogen) atoms. The number of unbranched alkanes of at least 4 members (excludes halogenated alkanes) is 1. The van der Waals surface area contributed by atoms with Crippen molar-refractivity contribution in [3.05, 3.63) is 16.7 Å². The Hall–Kier alpha value is -1.01. The zero-order chi connectivity index (χ0) is 12.1. The molecule has 0 saturated heterocycles. The van der Waals surface area contributed by atoms with Crippen molar-refractivity contribution in [2.45, 2.75) is 52.5 Å². The van der Waals surface area contributed by atoms with E-state index in [9.17, 15) is 0 Å². The largest absolute Gasteiger partial charge is 0.302 e. The molecular weight excluding hydrogens is 222 g/mol. The summed E-state index contributed by atoms with van der Waals surface area (Å²) in [5.74, 6) is 0.908. The fourth-order valence-corrected chi connectivity index (χ4v) is 2.09. The summed E-state index contributed by atoms with van der Waals surface area (Å²) in [7, 11) is 0. The highest BCUT2D eigenvalue weighted by molar-refractivity contribution is 6.30. The number of aromatic nitrogens is 2. The molecule has 4 heteroatoms. The molecule has 0 aliphatic heterocycles. The highest BCUT2D eigenvalue weighted by Gasteiger charge is 2.17. The normalized spacial score (nSPS) is 12.4. The maximum atomic E-state index is 8.96. The van der Waals surface area contributed by atoms with Crippen molar-refractivity contribution < 1.29 is 0 Å². The molecule has 0 N–H and O–H groups in total. The lowest BCUT2D eigenvalue weighted by atomic mass is 10.2. The monoisotopic (exact) mass is 239 g/mol. The van der Waals surface area contributed by atoms with Gasteiger partial charge < -0.3 is 4.57 Å². The smallest absolute Gasteiger partial charge is 0.133 e. The minimum absolute atomic E-state index is 0.245. The lowest BCUT2D eigenvalue weighted by Gasteiger charge is -2.09. The van der Waals surface area contributed by atoms with Crippen LogP contribution in [0.5, 0.6) is 0 Å². The molecule has 0 spiro atoms. The summed E-state index contributed by atoms with van der Waals surface area (Å²) >= 11 is 6.27. The number of nitrogens with zero attached hydrogens (tertiary/aromatic N) is 3. The number of rotatable bonds is 5. The van der Waals surface area contributed by atoms with Crippen molar-refractivity contribution in [3.63, 3.8) is 0 Å². The summed E-state index contributed by atoms with van der Waals surface area (Å²) in [5.41, 5.74) is 0.933. The first-order valence-electron chi connectivity index (χ1n) is 5.80. The molecule has 88 valence electrons. The third-order valence-electron chi connectivity index (χ3n) is 2.65. The Morgan fingerprint density at radius 3 is 2.69 bits per heavy atom. The van der Waals surface area contributed by atoms with Crippen LogP contribution in [0.2, 0.25) is 5.15 Å². The second-order valence-electron chi connectivity index (χ2n) is 3.90. The Balaban J connectivity index is 3.07. The molecule has 0 aromatic carbocycles. The van der Waals surface area contributed by atoms with Crippen molar-refractivity contribution in [1.29, 1.82) is 5.26 Å². The summed E-state index contributed by atoms with van der Waals surface area (Å²) in [6, 6.07) is 1.96. The van der Waals surface area contributed by atoms with Gasteiger partial charge in [0.1, 0.15) is 17.0 Å². The number of halogens is 1. The van der Waals surface area contributed by atoms with Gasteiger partial charge in [-0.1, -0.05) is 31.9 Å². The van der Waals surface area contributed by atoms with E-state index in [1.54, 1.807) is 0 Å². The van der Waals surface area contributed by atoms with Crippen LogP contribution in [-0.4, -0.2) is 9.55 Å². The molecule has 0 amide bonds. The first-order valence-corrected chi connectivity index (χ1v) is 6.18. The lowest BCUT2D eigenvalue weighted by molar-refractivity contribution is 0.634. The van der Waals surface area contributed by atoms with E-state index in [-0.39, 0.29) is 6.04 Å². The first kappa shape index (κ1) is 13.1. The van der Waals surface area contributed by atoms with Gasteiger partial charge in [-0.05, 0) is 19.8 Å². The minimum atomic E-state index is -0.245. The zero-order valence-corrected chi connectivity index (χ0v) is 10.9. The average Bonchev–Trinajstić information content (AvgIpc) is 2.62. The van der Waals surface area contributed by atoms with Crippen molar-refractivity contribution in [3.8, 4) is 6.07 Å². The van der Waals surface area contributed by atoms with Crippen LogP contribution in [0, 0.1) is 11.3 Å². The SMILES string of the molecule is CCCCc1nc(CC)n(C(C)C#N)c1Cl. The van der Waals surface area contributed by atoms with E-state index < -0.39 is 0 Å². The van der Waals surface area contributed by atoms with Crippen molar-refractivity contribution >= 4 is 11.6 Å². The van der Waals surface area contributed by atoms with Gasteiger partial charge in [0.15, 0.2) is 0 Å². The molecule has 1 unspecified atom stereocenters. The van der Waals surface area contributed by atoms with Crippen LogP contribution < -0.4 is 0 Å². The zero-order valence-electron chi connectivity index (χ0n) is 10.1. The molecule has 0 aliphatic rings. The van der Waals surface area contributed by atoms with Crippen LogP contribution in [0.1, 0.15) is 51.2 Å². The molecule has 3 nitrogen and oxygen atoms in total. The molecular formula is C12H18ClN3. The summed E-state index contributed by atoms with van der Waals surface area (Å²) in [5, 5.41) is 9.60. The maximum absolute atomic E-state index is 8.96. The van der Waals surface area contributed by atoms with Crippen LogP contribution in [0.25, 0.3) is 0 Å². The Morgan fingerprint density at radius 2 is 2.19 bits per heavy atom. The van der Waals surface area contributed by atoms with E-state index in [1.807, 2.05) is 18.4 Å². The van der Waals surface area contributed by atoms with E-state index in [0.717, 1.165) is 37.2 Å². The predicted octanol–water partition coefficient (Wildman–Crippen LogP) is 3.53. The van der Waals surface area contributed by atoms with Gasteiger partial charge in [-0.15, -0.1) is 0 Å². The number of nitriles is 1. The van der Waals surface area contributed by atoms with Crippen molar-refractivity contribution in [2.24, 2.45) is 0 Å². The van der Waals surface area contributed by atoms with Gasteiger partial charge in [-0.2, -0.15) is 5.26 Å². The molecule has 1 atom stereocenters. The molecule has 0 aliphatic carbocycles. The third-order valence-corrected chi connectivity index (χ3v) is 3.05. The van der Waals surface area contributed by atoms with Crippen molar-refractivity contribution in [1.82, 2.24) is 9.55 Å². The average molecular weight is 240 g/mol. The van der Waals surface area contributed by atoms with E-state index in [4.69, 9.17) is 16.9 Å². The molecule has 0 radical (unpaired) electrons. The minimum Gasteiger partial charge on any atom is -0.302 e. The predicted molar refractivity (Wildman–Crippen MR) is 65.6 cm³/mol. The van der Waals surface area contributed by atoms with Crippen molar-refractivity contribution in [2.75, 3.05) is 0 Å². The van der Waals surface area contributed by atoms with Crippen LogP contribution in [0.3, 0.4) is 0 Å². The Morgan fingerprint density at radius 1 is 1.50 bits per heavy atom. The van der Waals surface area contributed by atoms with Gasteiger partial charge in [-0.25, -0.2) is 4.98 Å². The van der Waals surface area contributed by atoms with E-state index >= 15 is 0 Å². The molecule has 1 aromatic heterocycles. The van der Waals surface area contributed by atoms with E-state index in [0.29, 0.717) is 5.15 Å². The Labute approximate surface area is 102 Å². The van der Waals surface area contributed by atoms with Crippen LogP contribution in [0.15, 0.2) is 0 Å². The van der Waals surface area contributed by atoms with Crippen LogP contribution >= 0.6 is 11.6 Å². The summed E-state index contributed by atoms with van der Waals surface area (Å²) in [6.07, 6.45) is 3.91. The fourth-order valence-electron chi connectivity index (χ4n) is 1.71. The number of aryl methyl sites for hydroxylation is 2. The molecule has 0 saturated carbocycles. The van der Waals surface area contributed by atoms with Gasteiger partial charge in [0.2, 0.25) is 0 Å². The van der Waals surface area contributed by atoms with Crippen LogP contribution in [-0.2, 0) is 12.8 Å². The third kappa shape index (κ3) is 2.56. The van der Waals surface area contributed by atoms with E-state index in [1.165, 1.54) is 0 Å². The summed E-state index contributed by atoms with van der Waals surface area (Å²) in [6.45, 7) is 6.02. The van der Waals surface area contributed by atoms with Gasteiger partial charge in [-0.3, -0.25) is 0 Å². The molecule has 1 rings (SSSR count). The van der Waals surface area contributed by atoms with Gasteiger partial charge >= 0.3 is 0 Å². The fraction of sp³-hybridized carbons (Fsp3) is 0.667. The van der Waals surface area contributed by atoms with Gasteiger partial charge in [0.05, 0.1) is 11.8 Å². The number of imidazole rings is 1. The number of hydrogen-bond acceptors (Lipinski definition) is 2. The molecule has 0 bridgehead atoms. The van der Waals surface area contributed by atoms with Crippen LogP contribution in [0.4, 0.5) is 0 Å². The Bertz CT molecular complexity index is 390. The molecule has 1 heterocycles. The first-order chi connectivity index (χ1) is 7.65. The lowest BCUT2D eigenvalue weighted by Crippen LogP contribution is -2.07. The molecule has 1 aromatic rings. The topological polar surface area (TPSA) is 41.6 Å². The standard InChI is InChI=1S/C12H18ClN3/c1-4-6-7-10-12(13)16(9(3)8-14)11(5-2)15-10/h9H,4-7H2,1-3H3. The second-order valence-corrected chi connectivity index (χ2v) is 4.26. The highest BCUT2D eigenvalue weighted by Crippen LogP contribution is 2.24.